The van der Waals surface area contributed by atoms with Crippen molar-refractivity contribution in [1.29, 1.82) is 0 Å². The van der Waals surface area contributed by atoms with Crippen LogP contribution in [-0.4, -0.2) is 13.7 Å². The summed E-state index contributed by atoms with van der Waals surface area (Å²) in [6.45, 7) is 3.29. The van der Waals surface area contributed by atoms with Crippen LogP contribution in [-0.2, 0) is 10.0 Å². The van der Waals surface area contributed by atoms with Crippen LogP contribution in [0.4, 0.5) is 11.4 Å². The van der Waals surface area contributed by atoms with Crippen LogP contribution in [0.3, 0.4) is 0 Å². The van der Waals surface area contributed by atoms with E-state index in [4.69, 9.17) is 5.73 Å². The maximum atomic E-state index is 11.8. The molecule has 0 atom stereocenters. The standard InChI is InChI=1S/C17H20N2O2S/c1-13(2)22(20,21)19-17-11-7-15(8-12-17)4-3-14-5-9-16(18)10-6-14/h3-13,19H,18H2,1-2H3. The lowest BCUT2D eigenvalue weighted by Gasteiger charge is -2.10. The van der Waals surface area contributed by atoms with E-state index in [1.807, 2.05) is 48.6 Å². The molecular formula is C17H20N2O2S. The van der Waals surface area contributed by atoms with Crippen LogP contribution < -0.4 is 10.5 Å². The first-order valence-corrected chi connectivity index (χ1v) is 8.57. The molecule has 5 heteroatoms. The minimum Gasteiger partial charge on any atom is -0.399 e. The maximum absolute atomic E-state index is 11.8. The molecule has 0 aliphatic rings. The predicted molar refractivity (Wildman–Crippen MR) is 93.9 cm³/mol. The van der Waals surface area contributed by atoms with Crippen molar-refractivity contribution in [2.45, 2.75) is 19.1 Å². The maximum Gasteiger partial charge on any atom is 0.235 e. The van der Waals surface area contributed by atoms with Crippen molar-refractivity contribution in [3.05, 3.63) is 59.7 Å². The van der Waals surface area contributed by atoms with E-state index in [-0.39, 0.29) is 0 Å². The fourth-order valence-electron chi connectivity index (χ4n) is 1.74. The van der Waals surface area contributed by atoms with Gasteiger partial charge in [0.1, 0.15) is 0 Å². The molecule has 0 radical (unpaired) electrons. The summed E-state index contributed by atoms with van der Waals surface area (Å²) in [6, 6.07) is 14.8. The largest absolute Gasteiger partial charge is 0.399 e. The van der Waals surface area contributed by atoms with Crippen LogP contribution in [0.2, 0.25) is 0 Å². The number of anilines is 2. The summed E-state index contributed by atoms with van der Waals surface area (Å²) in [4.78, 5) is 0. The monoisotopic (exact) mass is 316 g/mol. The van der Waals surface area contributed by atoms with Gasteiger partial charge in [-0.1, -0.05) is 36.4 Å². The van der Waals surface area contributed by atoms with E-state index < -0.39 is 15.3 Å². The first-order valence-electron chi connectivity index (χ1n) is 7.02. The number of benzene rings is 2. The molecule has 0 aromatic heterocycles. The number of hydrogen-bond acceptors (Lipinski definition) is 3. The minimum absolute atomic E-state index is 0.461. The molecule has 0 amide bonds. The van der Waals surface area contributed by atoms with Gasteiger partial charge in [0.15, 0.2) is 0 Å². The zero-order chi connectivity index (χ0) is 16.2. The van der Waals surface area contributed by atoms with E-state index in [1.165, 1.54) is 0 Å². The van der Waals surface area contributed by atoms with Gasteiger partial charge in [0.05, 0.1) is 5.25 Å². The molecule has 3 N–H and O–H groups in total. The molecular weight excluding hydrogens is 296 g/mol. The minimum atomic E-state index is -3.30. The molecule has 0 fully saturated rings. The summed E-state index contributed by atoms with van der Waals surface area (Å²) in [7, 11) is -3.30. The summed E-state index contributed by atoms with van der Waals surface area (Å²) in [5.74, 6) is 0. The summed E-state index contributed by atoms with van der Waals surface area (Å²) in [6.07, 6.45) is 3.94. The van der Waals surface area contributed by atoms with E-state index in [9.17, 15) is 8.42 Å². The van der Waals surface area contributed by atoms with E-state index >= 15 is 0 Å². The molecule has 4 nitrogen and oxygen atoms in total. The highest BCUT2D eigenvalue weighted by molar-refractivity contribution is 7.93. The van der Waals surface area contributed by atoms with Gasteiger partial charge in [-0.05, 0) is 49.2 Å². The van der Waals surface area contributed by atoms with Gasteiger partial charge in [-0.25, -0.2) is 8.42 Å². The molecule has 0 spiro atoms. The molecule has 2 aromatic rings. The van der Waals surface area contributed by atoms with Gasteiger partial charge >= 0.3 is 0 Å². The lowest BCUT2D eigenvalue weighted by Crippen LogP contribution is -2.22. The molecule has 0 aliphatic heterocycles. The Bertz CT molecular complexity index is 746. The quantitative estimate of drug-likeness (QED) is 0.654. The molecule has 0 saturated carbocycles. The van der Waals surface area contributed by atoms with E-state index in [0.717, 1.165) is 16.8 Å². The van der Waals surface area contributed by atoms with E-state index in [2.05, 4.69) is 4.72 Å². The Morgan fingerprint density at radius 1 is 0.909 bits per heavy atom. The Hall–Kier alpha value is -2.27. The number of sulfonamides is 1. The average molecular weight is 316 g/mol. The van der Waals surface area contributed by atoms with Crippen LogP contribution in [0.15, 0.2) is 48.5 Å². The second-order valence-corrected chi connectivity index (χ2v) is 7.55. The van der Waals surface area contributed by atoms with Crippen molar-refractivity contribution in [3.8, 4) is 0 Å². The van der Waals surface area contributed by atoms with Gasteiger partial charge in [0, 0.05) is 11.4 Å². The summed E-state index contributed by atoms with van der Waals surface area (Å²) < 4.78 is 26.1. The van der Waals surface area contributed by atoms with Gasteiger partial charge in [-0.2, -0.15) is 0 Å². The molecule has 0 bridgehead atoms. The molecule has 0 heterocycles. The van der Waals surface area contributed by atoms with Crippen LogP contribution in [0.1, 0.15) is 25.0 Å². The highest BCUT2D eigenvalue weighted by Crippen LogP contribution is 2.15. The molecule has 0 aliphatic carbocycles. The van der Waals surface area contributed by atoms with Crippen molar-refractivity contribution in [2.24, 2.45) is 0 Å². The van der Waals surface area contributed by atoms with Crippen LogP contribution in [0.5, 0.6) is 0 Å². The summed E-state index contributed by atoms with van der Waals surface area (Å²) >= 11 is 0. The zero-order valence-corrected chi connectivity index (χ0v) is 13.5. The Labute approximate surface area is 131 Å². The Morgan fingerprint density at radius 3 is 1.82 bits per heavy atom. The van der Waals surface area contributed by atoms with Crippen LogP contribution >= 0.6 is 0 Å². The highest BCUT2D eigenvalue weighted by Gasteiger charge is 2.14. The Balaban J connectivity index is 2.07. The molecule has 2 aromatic carbocycles. The average Bonchev–Trinajstić information content (AvgIpc) is 2.48. The molecule has 0 unspecified atom stereocenters. The number of nitrogens with two attached hydrogens (primary N) is 1. The van der Waals surface area contributed by atoms with Crippen molar-refractivity contribution in [1.82, 2.24) is 0 Å². The first kappa shape index (κ1) is 16.1. The lowest BCUT2D eigenvalue weighted by atomic mass is 10.1. The first-order chi connectivity index (χ1) is 10.4. The third-order valence-corrected chi connectivity index (χ3v) is 4.96. The zero-order valence-electron chi connectivity index (χ0n) is 12.7. The molecule has 22 heavy (non-hydrogen) atoms. The van der Waals surface area contributed by atoms with Crippen LogP contribution in [0.25, 0.3) is 12.2 Å². The van der Waals surface area contributed by atoms with Crippen molar-refractivity contribution in [2.75, 3.05) is 10.5 Å². The Morgan fingerprint density at radius 2 is 1.36 bits per heavy atom. The second kappa shape index (κ2) is 6.66. The van der Waals surface area contributed by atoms with E-state index in [1.54, 1.807) is 26.0 Å². The van der Waals surface area contributed by atoms with Gasteiger partial charge in [-0.3, -0.25) is 4.72 Å². The third-order valence-electron chi connectivity index (χ3n) is 3.20. The van der Waals surface area contributed by atoms with Crippen molar-refractivity contribution in [3.63, 3.8) is 0 Å². The van der Waals surface area contributed by atoms with Gasteiger partial charge in [-0.15, -0.1) is 0 Å². The predicted octanol–water partition coefficient (Wildman–Crippen LogP) is 3.59. The molecule has 0 saturated heterocycles. The number of rotatable bonds is 5. The van der Waals surface area contributed by atoms with Gasteiger partial charge < -0.3 is 5.73 Å². The smallest absolute Gasteiger partial charge is 0.235 e. The van der Waals surface area contributed by atoms with Crippen molar-refractivity contribution < 1.29 is 8.42 Å². The van der Waals surface area contributed by atoms with Crippen molar-refractivity contribution >= 4 is 33.6 Å². The molecule has 2 rings (SSSR count). The lowest BCUT2D eigenvalue weighted by molar-refractivity contribution is 0.593. The van der Waals surface area contributed by atoms with Gasteiger partial charge in [0.25, 0.3) is 0 Å². The SMILES string of the molecule is CC(C)S(=O)(=O)Nc1ccc(C=Cc2ccc(N)cc2)cc1. The number of hydrogen-bond donors (Lipinski definition) is 2. The summed E-state index contributed by atoms with van der Waals surface area (Å²) in [5, 5.41) is -0.461. The summed E-state index contributed by atoms with van der Waals surface area (Å²) in [5.41, 5.74) is 8.99. The van der Waals surface area contributed by atoms with Crippen LogP contribution in [0, 0.1) is 0 Å². The topological polar surface area (TPSA) is 72.2 Å². The second-order valence-electron chi connectivity index (χ2n) is 5.32. The number of nitrogen functional groups attached to an aromatic ring is 1. The number of nitrogens with one attached hydrogen (secondary N) is 1. The highest BCUT2D eigenvalue weighted by atomic mass is 32.2. The fraction of sp³-hybridized carbons (Fsp3) is 0.176. The third kappa shape index (κ3) is 4.36. The fourth-order valence-corrected chi connectivity index (χ4v) is 2.44. The van der Waals surface area contributed by atoms with Gasteiger partial charge in [0.2, 0.25) is 10.0 Å². The normalized spacial score (nSPS) is 12.0. The Kier molecular flexibility index (Phi) is 4.88. The van der Waals surface area contributed by atoms with E-state index in [0.29, 0.717) is 5.69 Å². The molecule has 116 valence electrons.